The van der Waals surface area contributed by atoms with E-state index in [9.17, 15) is 4.79 Å². The van der Waals surface area contributed by atoms with Crippen LogP contribution in [0.4, 0.5) is 0 Å². The highest BCUT2D eigenvalue weighted by molar-refractivity contribution is 14.1. The van der Waals surface area contributed by atoms with Crippen LogP contribution in [-0.4, -0.2) is 11.0 Å². The van der Waals surface area contributed by atoms with Gasteiger partial charge < -0.3 is 0 Å². The monoisotopic (exact) mass is 304 g/mol. The molecule has 1 unspecified atom stereocenters. The molecule has 13 heavy (non-hydrogen) atoms. The zero-order valence-electron chi connectivity index (χ0n) is 7.21. The lowest BCUT2D eigenvalue weighted by Crippen LogP contribution is -2.14. The first-order chi connectivity index (χ1) is 6.16. The van der Waals surface area contributed by atoms with Crippen molar-refractivity contribution in [3.8, 4) is 0 Å². The molecule has 0 aromatic heterocycles. The van der Waals surface area contributed by atoms with Crippen LogP contribution in [0.2, 0.25) is 0 Å². The molecule has 0 fully saturated rings. The summed E-state index contributed by atoms with van der Waals surface area (Å²) in [5, 5.41) is 0.431. The quantitative estimate of drug-likeness (QED) is 0.684. The Labute approximate surface area is 95.4 Å². The van der Waals surface area contributed by atoms with Crippen molar-refractivity contribution in [2.75, 3.05) is 0 Å². The Bertz CT molecular complexity index is 362. The van der Waals surface area contributed by atoms with Gasteiger partial charge in [-0.25, -0.2) is 0 Å². The third-order valence-electron chi connectivity index (χ3n) is 2.04. The third-order valence-corrected chi connectivity index (χ3v) is 3.89. The molecule has 0 spiro atoms. The van der Waals surface area contributed by atoms with E-state index in [1.807, 2.05) is 6.07 Å². The van der Waals surface area contributed by atoms with E-state index in [2.05, 4.69) is 41.6 Å². The summed E-state index contributed by atoms with van der Waals surface area (Å²) in [6, 6.07) is 6.09. The topological polar surface area (TPSA) is 17.1 Å². The molecule has 68 valence electrons. The van der Waals surface area contributed by atoms with E-state index < -0.39 is 0 Å². The summed E-state index contributed by atoms with van der Waals surface area (Å²) in [5.41, 5.74) is 0.912. The lowest BCUT2D eigenvalue weighted by molar-refractivity contribution is 0.0978. The van der Waals surface area contributed by atoms with E-state index in [1.165, 1.54) is 0 Å². The summed E-state index contributed by atoms with van der Waals surface area (Å²) in [7, 11) is 0. The number of ketones is 1. The van der Waals surface area contributed by atoms with Gasteiger partial charge in [0, 0.05) is 25.7 Å². The zero-order chi connectivity index (χ0) is 9.42. The molecule has 1 aliphatic heterocycles. The first-order valence-electron chi connectivity index (χ1n) is 4.16. The second-order valence-electron chi connectivity index (χ2n) is 3.20. The molecule has 1 atom stereocenters. The molecule has 0 bridgehead atoms. The van der Waals surface area contributed by atoms with Crippen LogP contribution in [0, 0.1) is 3.57 Å². The van der Waals surface area contributed by atoms with Gasteiger partial charge in [0.1, 0.15) is 0 Å². The Balaban J connectivity index is 2.49. The van der Waals surface area contributed by atoms with Crippen molar-refractivity contribution < 1.29 is 4.79 Å². The molecule has 0 saturated carbocycles. The average molecular weight is 304 g/mol. The van der Waals surface area contributed by atoms with Crippen LogP contribution in [0.3, 0.4) is 0 Å². The number of thioether (sulfide) groups is 1. The van der Waals surface area contributed by atoms with Crippen LogP contribution in [0.1, 0.15) is 23.7 Å². The van der Waals surface area contributed by atoms with Crippen LogP contribution in [0.25, 0.3) is 0 Å². The summed E-state index contributed by atoms with van der Waals surface area (Å²) >= 11 is 4.04. The number of fused-ring (bicyclic) bond motifs is 1. The van der Waals surface area contributed by atoms with Gasteiger partial charge in [-0.1, -0.05) is 6.92 Å². The van der Waals surface area contributed by atoms with E-state index in [4.69, 9.17) is 0 Å². The number of hydrogen-bond donors (Lipinski definition) is 0. The molecule has 1 heterocycles. The summed E-state index contributed by atoms with van der Waals surface area (Å²) < 4.78 is 1.14. The summed E-state index contributed by atoms with van der Waals surface area (Å²) in [4.78, 5) is 12.8. The minimum atomic E-state index is 0.291. The van der Waals surface area contributed by atoms with Gasteiger partial charge in [0.15, 0.2) is 5.78 Å². The lowest BCUT2D eigenvalue weighted by atomic mass is 10.1. The van der Waals surface area contributed by atoms with Crippen LogP contribution < -0.4 is 0 Å². The fourth-order valence-corrected chi connectivity index (χ4v) is 3.06. The molecule has 1 aromatic rings. The minimum absolute atomic E-state index is 0.291. The summed E-state index contributed by atoms with van der Waals surface area (Å²) in [5.74, 6) is 0.291. The van der Waals surface area contributed by atoms with Crippen LogP contribution >= 0.6 is 34.4 Å². The van der Waals surface area contributed by atoms with Crippen molar-refractivity contribution in [1.82, 2.24) is 0 Å². The van der Waals surface area contributed by atoms with Gasteiger partial charge in [-0.3, -0.25) is 4.79 Å². The molecule has 0 saturated heterocycles. The van der Waals surface area contributed by atoms with Gasteiger partial charge in [-0.2, -0.15) is 0 Å². The van der Waals surface area contributed by atoms with E-state index in [0.29, 0.717) is 17.5 Å². The molecule has 0 aliphatic carbocycles. The fraction of sp³-hybridized carbons (Fsp3) is 0.300. The minimum Gasteiger partial charge on any atom is -0.294 e. The predicted octanol–water partition coefficient (Wildman–Crippen LogP) is 3.36. The molecule has 1 nitrogen and oxygen atoms in total. The van der Waals surface area contributed by atoms with Gasteiger partial charge in [-0.15, -0.1) is 11.8 Å². The van der Waals surface area contributed by atoms with E-state index in [-0.39, 0.29) is 0 Å². The van der Waals surface area contributed by atoms with Crippen molar-refractivity contribution >= 4 is 40.1 Å². The van der Waals surface area contributed by atoms with Gasteiger partial charge in [0.05, 0.1) is 0 Å². The van der Waals surface area contributed by atoms with Gasteiger partial charge in [0.25, 0.3) is 0 Å². The maximum absolute atomic E-state index is 11.6. The molecule has 0 radical (unpaired) electrons. The van der Waals surface area contributed by atoms with Crippen LogP contribution in [-0.2, 0) is 0 Å². The number of rotatable bonds is 0. The molecule has 1 aliphatic rings. The largest absolute Gasteiger partial charge is 0.294 e. The Morgan fingerprint density at radius 1 is 1.54 bits per heavy atom. The second kappa shape index (κ2) is 3.61. The first-order valence-corrected chi connectivity index (χ1v) is 6.12. The van der Waals surface area contributed by atoms with Gasteiger partial charge >= 0.3 is 0 Å². The number of carbonyl (C=O) groups excluding carboxylic acids is 1. The highest BCUT2D eigenvalue weighted by Gasteiger charge is 2.22. The lowest BCUT2D eigenvalue weighted by Gasteiger charge is -2.19. The highest BCUT2D eigenvalue weighted by atomic mass is 127. The fourth-order valence-electron chi connectivity index (χ4n) is 1.45. The van der Waals surface area contributed by atoms with Crippen molar-refractivity contribution in [1.29, 1.82) is 0 Å². The van der Waals surface area contributed by atoms with Gasteiger partial charge in [0.2, 0.25) is 0 Å². The standard InChI is InChI=1S/C10H9IOS/c1-6-4-9(12)8-5-7(11)2-3-10(8)13-6/h2-3,5-6H,4H2,1H3. The molecule has 0 amide bonds. The highest BCUT2D eigenvalue weighted by Crippen LogP contribution is 2.35. The molecular weight excluding hydrogens is 295 g/mol. The predicted molar refractivity (Wildman–Crippen MR) is 63.4 cm³/mol. The molecule has 1 aromatic carbocycles. The maximum atomic E-state index is 11.6. The number of benzene rings is 1. The molecular formula is C10H9IOS. The molecule has 0 N–H and O–H groups in total. The zero-order valence-corrected chi connectivity index (χ0v) is 10.2. The van der Waals surface area contributed by atoms with Crippen molar-refractivity contribution in [2.24, 2.45) is 0 Å². The van der Waals surface area contributed by atoms with E-state index in [0.717, 1.165) is 14.0 Å². The number of carbonyl (C=O) groups is 1. The Hall–Kier alpha value is -0.0300. The first kappa shape index (κ1) is 9.52. The van der Waals surface area contributed by atoms with Crippen molar-refractivity contribution in [3.63, 3.8) is 0 Å². The van der Waals surface area contributed by atoms with Gasteiger partial charge in [-0.05, 0) is 40.8 Å². The van der Waals surface area contributed by atoms with Crippen molar-refractivity contribution in [2.45, 2.75) is 23.5 Å². The van der Waals surface area contributed by atoms with E-state index >= 15 is 0 Å². The van der Waals surface area contributed by atoms with E-state index in [1.54, 1.807) is 11.8 Å². The van der Waals surface area contributed by atoms with Crippen LogP contribution in [0.15, 0.2) is 23.1 Å². The Morgan fingerprint density at radius 3 is 3.08 bits per heavy atom. The van der Waals surface area contributed by atoms with Crippen molar-refractivity contribution in [3.05, 3.63) is 27.3 Å². The maximum Gasteiger partial charge on any atom is 0.165 e. The third kappa shape index (κ3) is 1.91. The number of halogens is 1. The number of Topliss-reactive ketones (excluding diaryl/α,β-unsaturated/α-hetero) is 1. The Morgan fingerprint density at radius 2 is 2.31 bits per heavy atom. The normalized spacial score (nSPS) is 21.4. The molecule has 3 heteroatoms. The number of hydrogen-bond acceptors (Lipinski definition) is 2. The summed E-state index contributed by atoms with van der Waals surface area (Å²) in [6.45, 7) is 2.10. The smallest absolute Gasteiger partial charge is 0.165 e. The average Bonchev–Trinajstić information content (AvgIpc) is 2.06. The second-order valence-corrected chi connectivity index (χ2v) is 5.92. The SMILES string of the molecule is CC1CC(=O)c2cc(I)ccc2S1. The molecule has 2 rings (SSSR count). The summed E-state index contributed by atoms with van der Waals surface area (Å²) in [6.07, 6.45) is 0.678. The van der Waals surface area contributed by atoms with Crippen LogP contribution in [0.5, 0.6) is 0 Å². The Kier molecular flexibility index (Phi) is 2.65.